The highest BCUT2D eigenvalue weighted by molar-refractivity contribution is 7.91. The number of hydrogen-bond donors (Lipinski definition) is 0. The zero-order valence-electron chi connectivity index (χ0n) is 11.2. The highest BCUT2D eigenvalue weighted by atomic mass is 32.2. The van der Waals surface area contributed by atoms with Crippen molar-refractivity contribution in [2.24, 2.45) is 0 Å². The molecule has 3 rings (SSSR count). The van der Waals surface area contributed by atoms with Crippen molar-refractivity contribution in [2.45, 2.75) is 36.4 Å². The van der Waals surface area contributed by atoms with Crippen LogP contribution in [0.5, 0.6) is 0 Å². The Morgan fingerprint density at radius 1 is 1.45 bits per heavy atom. The summed E-state index contributed by atoms with van der Waals surface area (Å²) < 4.78 is 27.6. The Labute approximate surface area is 127 Å². The lowest BCUT2D eigenvalue weighted by Crippen LogP contribution is -2.30. The van der Waals surface area contributed by atoms with Crippen LogP contribution >= 0.6 is 22.7 Å². The summed E-state index contributed by atoms with van der Waals surface area (Å²) in [4.78, 5) is 5.40. The molecular formula is C13H16N2O2S3. The quantitative estimate of drug-likeness (QED) is 0.865. The fraction of sp³-hybridized carbons (Fsp3) is 0.462. The highest BCUT2D eigenvalue weighted by Gasteiger charge is 2.38. The smallest absolute Gasteiger partial charge is 0.248 e. The number of aryl methyl sites for hydroxylation is 1. The molecule has 4 nitrogen and oxygen atoms in total. The number of hydrogen-bond acceptors (Lipinski definition) is 5. The van der Waals surface area contributed by atoms with Crippen LogP contribution in [0.25, 0.3) is 0 Å². The van der Waals surface area contributed by atoms with Crippen molar-refractivity contribution in [1.29, 1.82) is 0 Å². The van der Waals surface area contributed by atoms with Gasteiger partial charge in [0, 0.05) is 23.0 Å². The first-order valence-electron chi connectivity index (χ1n) is 6.63. The first kappa shape index (κ1) is 14.2. The number of aromatic nitrogens is 1. The summed E-state index contributed by atoms with van der Waals surface area (Å²) in [5.41, 5.74) is 0. The van der Waals surface area contributed by atoms with Crippen molar-refractivity contribution < 1.29 is 8.42 Å². The molecule has 1 aliphatic rings. The molecule has 108 valence electrons. The van der Waals surface area contributed by atoms with E-state index in [1.807, 2.05) is 18.4 Å². The molecule has 20 heavy (non-hydrogen) atoms. The van der Waals surface area contributed by atoms with E-state index < -0.39 is 10.0 Å². The summed E-state index contributed by atoms with van der Waals surface area (Å²) in [6.07, 6.45) is 4.37. The van der Waals surface area contributed by atoms with Gasteiger partial charge in [0.25, 0.3) is 10.0 Å². The minimum Gasteiger partial charge on any atom is -0.248 e. The molecule has 2 aromatic rings. The van der Waals surface area contributed by atoms with E-state index in [9.17, 15) is 8.42 Å². The zero-order valence-corrected chi connectivity index (χ0v) is 13.6. The zero-order chi connectivity index (χ0) is 14.2. The average molecular weight is 328 g/mol. The monoisotopic (exact) mass is 328 g/mol. The number of sulfonamides is 1. The fourth-order valence-electron chi connectivity index (χ4n) is 2.48. The summed E-state index contributed by atoms with van der Waals surface area (Å²) in [5, 5.41) is 2.80. The predicted molar refractivity (Wildman–Crippen MR) is 81.7 cm³/mol. The lowest BCUT2D eigenvalue weighted by atomic mass is 10.2. The summed E-state index contributed by atoms with van der Waals surface area (Å²) in [6, 6.07) is 3.55. The fourth-order valence-corrected chi connectivity index (χ4v) is 6.41. The molecule has 1 saturated heterocycles. The van der Waals surface area contributed by atoms with Crippen molar-refractivity contribution in [3.8, 4) is 0 Å². The maximum atomic E-state index is 12.8. The van der Waals surface area contributed by atoms with Crippen molar-refractivity contribution >= 4 is 32.7 Å². The van der Waals surface area contributed by atoms with E-state index >= 15 is 0 Å². The van der Waals surface area contributed by atoms with Gasteiger partial charge in [-0.25, -0.2) is 13.4 Å². The third-order valence-corrected chi connectivity index (χ3v) is 7.97. The molecule has 0 radical (unpaired) electrons. The van der Waals surface area contributed by atoms with Gasteiger partial charge in [-0.3, -0.25) is 0 Å². The molecular weight excluding hydrogens is 312 g/mol. The molecule has 1 aliphatic heterocycles. The Hall–Kier alpha value is -0.760. The lowest BCUT2D eigenvalue weighted by Gasteiger charge is -2.21. The van der Waals surface area contributed by atoms with E-state index in [1.54, 1.807) is 16.6 Å². The summed E-state index contributed by atoms with van der Waals surface area (Å²) in [5.74, 6) is 0. The predicted octanol–water partition coefficient (Wildman–Crippen LogP) is 3.29. The van der Waals surface area contributed by atoms with Crippen LogP contribution in [0.2, 0.25) is 0 Å². The summed E-state index contributed by atoms with van der Waals surface area (Å²) in [7, 11) is -3.38. The normalized spacial score (nSPS) is 20.6. The van der Waals surface area contributed by atoms with Crippen LogP contribution in [-0.4, -0.2) is 24.3 Å². The molecule has 0 aliphatic carbocycles. The number of nitrogens with zero attached hydrogens (tertiary/aromatic N) is 2. The van der Waals surface area contributed by atoms with E-state index in [0.717, 1.165) is 29.1 Å². The van der Waals surface area contributed by atoms with Crippen LogP contribution in [0.1, 0.15) is 35.7 Å². The van der Waals surface area contributed by atoms with Gasteiger partial charge in [0.2, 0.25) is 0 Å². The van der Waals surface area contributed by atoms with Crippen molar-refractivity contribution in [2.75, 3.05) is 6.54 Å². The molecule has 2 aromatic heterocycles. The molecule has 0 bridgehead atoms. The first-order chi connectivity index (χ1) is 9.63. The van der Waals surface area contributed by atoms with E-state index in [4.69, 9.17) is 0 Å². The van der Waals surface area contributed by atoms with E-state index in [0.29, 0.717) is 10.8 Å². The third-order valence-electron chi connectivity index (χ3n) is 3.49. The molecule has 0 N–H and O–H groups in total. The van der Waals surface area contributed by atoms with Crippen molar-refractivity contribution in [1.82, 2.24) is 9.29 Å². The molecule has 1 unspecified atom stereocenters. The number of thiophene rings is 1. The Balaban J connectivity index is 1.94. The van der Waals surface area contributed by atoms with Crippen LogP contribution in [0, 0.1) is 0 Å². The van der Waals surface area contributed by atoms with Gasteiger partial charge in [0.15, 0.2) is 0 Å². The molecule has 0 saturated carbocycles. The number of rotatable bonds is 4. The Morgan fingerprint density at radius 3 is 2.95 bits per heavy atom. The van der Waals surface area contributed by atoms with Gasteiger partial charge in [0.05, 0.1) is 6.04 Å². The van der Waals surface area contributed by atoms with Gasteiger partial charge in [-0.15, -0.1) is 22.7 Å². The van der Waals surface area contributed by atoms with Crippen LogP contribution in [0.4, 0.5) is 0 Å². The van der Waals surface area contributed by atoms with Gasteiger partial charge in [-0.05, 0) is 31.4 Å². The molecule has 7 heteroatoms. The second kappa shape index (κ2) is 5.55. The largest absolute Gasteiger partial charge is 0.253 e. The number of thiazole rings is 1. The Kier molecular flexibility index (Phi) is 3.94. The van der Waals surface area contributed by atoms with Crippen LogP contribution in [0.15, 0.2) is 27.9 Å². The molecule has 0 aromatic carbocycles. The van der Waals surface area contributed by atoms with Gasteiger partial charge >= 0.3 is 0 Å². The maximum absolute atomic E-state index is 12.8. The summed E-state index contributed by atoms with van der Waals surface area (Å²) >= 11 is 2.91. The minimum atomic E-state index is -3.38. The van der Waals surface area contributed by atoms with E-state index in [1.165, 1.54) is 22.7 Å². The Bertz CT molecular complexity index is 676. The van der Waals surface area contributed by atoms with E-state index in [2.05, 4.69) is 4.98 Å². The van der Waals surface area contributed by atoms with Crippen molar-refractivity contribution in [3.05, 3.63) is 33.6 Å². The second-order valence-electron chi connectivity index (χ2n) is 4.72. The van der Waals surface area contributed by atoms with Gasteiger partial charge in [-0.2, -0.15) is 4.31 Å². The van der Waals surface area contributed by atoms with Gasteiger partial charge < -0.3 is 0 Å². The van der Waals surface area contributed by atoms with Crippen LogP contribution in [-0.2, 0) is 16.4 Å². The van der Waals surface area contributed by atoms with E-state index in [-0.39, 0.29) is 6.04 Å². The minimum absolute atomic E-state index is 0.0906. The van der Waals surface area contributed by atoms with Crippen LogP contribution in [0.3, 0.4) is 0 Å². The second-order valence-corrected chi connectivity index (χ2v) is 8.93. The molecule has 1 fully saturated rings. The van der Waals surface area contributed by atoms with Crippen molar-refractivity contribution in [3.63, 3.8) is 0 Å². The third kappa shape index (κ3) is 2.43. The Morgan fingerprint density at radius 2 is 2.30 bits per heavy atom. The van der Waals surface area contributed by atoms with Gasteiger partial charge in [0.1, 0.15) is 9.22 Å². The standard InChI is InChI=1S/C13H16N2O2S3/c1-2-10-5-6-12(19-10)20(16,17)15-8-3-4-11(15)13-14-7-9-18-13/h5-7,9,11H,2-4,8H2,1H3. The average Bonchev–Trinajstić information content (AvgIpc) is 3.17. The molecule has 0 spiro atoms. The summed E-state index contributed by atoms with van der Waals surface area (Å²) in [6.45, 7) is 2.63. The molecule has 1 atom stereocenters. The molecule has 0 amide bonds. The lowest BCUT2D eigenvalue weighted by molar-refractivity contribution is 0.397. The molecule has 3 heterocycles. The SMILES string of the molecule is CCc1ccc(S(=O)(=O)N2CCCC2c2nccs2)s1. The van der Waals surface area contributed by atoms with Gasteiger partial charge in [-0.1, -0.05) is 6.92 Å². The first-order valence-corrected chi connectivity index (χ1v) is 9.76. The highest BCUT2D eigenvalue weighted by Crippen LogP contribution is 2.38. The van der Waals surface area contributed by atoms with Crippen LogP contribution < -0.4 is 0 Å². The maximum Gasteiger partial charge on any atom is 0.253 e. The topological polar surface area (TPSA) is 50.3 Å².